The van der Waals surface area contributed by atoms with Crippen molar-refractivity contribution in [1.29, 1.82) is 5.26 Å². The fourth-order valence-corrected chi connectivity index (χ4v) is 0.993. The van der Waals surface area contributed by atoms with Crippen molar-refractivity contribution in [1.82, 2.24) is 4.90 Å². The SMILES string of the molecule is C=CCCCN(C)C(C)CC#N. The second-order valence-electron chi connectivity index (χ2n) is 3.12. The van der Waals surface area contributed by atoms with Crippen molar-refractivity contribution in [2.75, 3.05) is 13.6 Å². The molecule has 2 heteroatoms. The van der Waals surface area contributed by atoms with Crippen molar-refractivity contribution in [3.63, 3.8) is 0 Å². The minimum Gasteiger partial charge on any atom is -0.303 e. The van der Waals surface area contributed by atoms with Crippen LogP contribution >= 0.6 is 0 Å². The van der Waals surface area contributed by atoms with Crippen LogP contribution in [0.3, 0.4) is 0 Å². The van der Waals surface area contributed by atoms with E-state index in [0.29, 0.717) is 12.5 Å². The number of nitrogens with zero attached hydrogens (tertiary/aromatic N) is 2. The molecule has 0 aromatic heterocycles. The van der Waals surface area contributed by atoms with Crippen LogP contribution in [-0.4, -0.2) is 24.5 Å². The molecule has 0 rings (SSSR count). The Hall–Kier alpha value is -0.810. The second kappa shape index (κ2) is 6.87. The third-order valence-electron chi connectivity index (χ3n) is 2.06. The van der Waals surface area contributed by atoms with Gasteiger partial charge in [0.25, 0.3) is 0 Å². The van der Waals surface area contributed by atoms with Gasteiger partial charge in [0.2, 0.25) is 0 Å². The molecule has 1 unspecified atom stereocenters. The van der Waals surface area contributed by atoms with Gasteiger partial charge in [-0.2, -0.15) is 5.26 Å². The summed E-state index contributed by atoms with van der Waals surface area (Å²) >= 11 is 0. The van der Waals surface area contributed by atoms with E-state index in [2.05, 4.69) is 31.5 Å². The monoisotopic (exact) mass is 166 g/mol. The Labute approximate surface area is 75.5 Å². The molecule has 0 amide bonds. The second-order valence-corrected chi connectivity index (χ2v) is 3.12. The summed E-state index contributed by atoms with van der Waals surface area (Å²) in [6.45, 7) is 6.80. The molecule has 0 aliphatic rings. The topological polar surface area (TPSA) is 27.0 Å². The summed E-state index contributed by atoms with van der Waals surface area (Å²) in [7, 11) is 2.06. The van der Waals surface area contributed by atoms with Crippen LogP contribution in [0.25, 0.3) is 0 Å². The minimum absolute atomic E-state index is 0.375. The fourth-order valence-electron chi connectivity index (χ4n) is 0.993. The van der Waals surface area contributed by atoms with Crippen molar-refractivity contribution >= 4 is 0 Å². The van der Waals surface area contributed by atoms with Crippen molar-refractivity contribution in [3.05, 3.63) is 12.7 Å². The summed E-state index contributed by atoms with van der Waals surface area (Å²) in [6, 6.07) is 2.55. The number of rotatable bonds is 6. The van der Waals surface area contributed by atoms with E-state index < -0.39 is 0 Å². The summed E-state index contributed by atoms with van der Waals surface area (Å²) in [5, 5.41) is 8.46. The van der Waals surface area contributed by atoms with E-state index in [-0.39, 0.29) is 0 Å². The van der Waals surface area contributed by atoms with E-state index in [1.54, 1.807) is 0 Å². The van der Waals surface area contributed by atoms with Crippen LogP contribution < -0.4 is 0 Å². The number of allylic oxidation sites excluding steroid dienone is 1. The molecule has 0 aromatic rings. The van der Waals surface area contributed by atoms with Crippen LogP contribution in [-0.2, 0) is 0 Å². The van der Waals surface area contributed by atoms with E-state index in [4.69, 9.17) is 5.26 Å². The first-order valence-corrected chi connectivity index (χ1v) is 4.40. The molecule has 0 radical (unpaired) electrons. The van der Waals surface area contributed by atoms with E-state index >= 15 is 0 Å². The molecular formula is C10H18N2. The summed E-state index contributed by atoms with van der Waals surface area (Å²) in [4.78, 5) is 2.22. The lowest BCUT2D eigenvalue weighted by atomic mass is 10.2. The highest BCUT2D eigenvalue weighted by atomic mass is 15.1. The Balaban J connectivity index is 3.50. The number of hydrogen-bond acceptors (Lipinski definition) is 2. The summed E-state index contributed by atoms with van der Waals surface area (Å²) < 4.78 is 0. The van der Waals surface area contributed by atoms with Crippen molar-refractivity contribution in [2.24, 2.45) is 0 Å². The predicted octanol–water partition coefficient (Wildman–Crippen LogP) is 2.19. The Bertz CT molecular complexity index is 158. The molecule has 0 fully saturated rings. The van der Waals surface area contributed by atoms with Gasteiger partial charge in [0.05, 0.1) is 12.5 Å². The largest absolute Gasteiger partial charge is 0.303 e. The third-order valence-corrected chi connectivity index (χ3v) is 2.06. The Morgan fingerprint density at radius 1 is 1.67 bits per heavy atom. The van der Waals surface area contributed by atoms with Crippen LogP contribution in [0.15, 0.2) is 12.7 Å². The zero-order valence-electron chi connectivity index (χ0n) is 8.08. The molecule has 1 atom stereocenters. The van der Waals surface area contributed by atoms with Gasteiger partial charge < -0.3 is 4.90 Å². The molecule has 0 N–H and O–H groups in total. The van der Waals surface area contributed by atoms with E-state index in [0.717, 1.165) is 19.4 Å². The molecule has 2 nitrogen and oxygen atoms in total. The van der Waals surface area contributed by atoms with Crippen LogP contribution in [0, 0.1) is 11.3 Å². The molecule has 12 heavy (non-hydrogen) atoms. The van der Waals surface area contributed by atoms with Gasteiger partial charge in [-0.15, -0.1) is 6.58 Å². The first-order valence-electron chi connectivity index (χ1n) is 4.40. The molecule has 0 aromatic carbocycles. The van der Waals surface area contributed by atoms with Crippen molar-refractivity contribution in [2.45, 2.75) is 32.2 Å². The van der Waals surface area contributed by atoms with Crippen molar-refractivity contribution in [3.8, 4) is 6.07 Å². The molecule has 68 valence electrons. The highest BCUT2D eigenvalue weighted by molar-refractivity contribution is 4.78. The maximum Gasteiger partial charge on any atom is 0.0638 e. The predicted molar refractivity (Wildman–Crippen MR) is 51.8 cm³/mol. The average Bonchev–Trinajstić information content (AvgIpc) is 2.05. The number of hydrogen-bond donors (Lipinski definition) is 0. The molecule has 0 spiro atoms. The Morgan fingerprint density at radius 3 is 2.83 bits per heavy atom. The third kappa shape index (κ3) is 4.92. The van der Waals surface area contributed by atoms with Gasteiger partial charge in [0.1, 0.15) is 0 Å². The summed E-state index contributed by atoms with van der Waals surface area (Å²) in [6.07, 6.45) is 4.74. The van der Waals surface area contributed by atoms with Crippen LogP contribution in [0.2, 0.25) is 0 Å². The van der Waals surface area contributed by atoms with Gasteiger partial charge in [0, 0.05) is 6.04 Å². The smallest absolute Gasteiger partial charge is 0.0638 e. The van der Waals surface area contributed by atoms with Gasteiger partial charge >= 0.3 is 0 Å². The fraction of sp³-hybridized carbons (Fsp3) is 0.700. The minimum atomic E-state index is 0.375. The van der Waals surface area contributed by atoms with Gasteiger partial charge in [-0.3, -0.25) is 0 Å². The maximum atomic E-state index is 8.46. The zero-order chi connectivity index (χ0) is 9.40. The Morgan fingerprint density at radius 2 is 2.33 bits per heavy atom. The first kappa shape index (κ1) is 11.2. The molecule has 0 saturated heterocycles. The lowest BCUT2D eigenvalue weighted by Gasteiger charge is -2.21. The van der Waals surface area contributed by atoms with Gasteiger partial charge in [0.15, 0.2) is 0 Å². The van der Waals surface area contributed by atoms with Crippen molar-refractivity contribution < 1.29 is 0 Å². The van der Waals surface area contributed by atoms with Gasteiger partial charge in [-0.05, 0) is 33.4 Å². The average molecular weight is 166 g/mol. The lowest BCUT2D eigenvalue weighted by Crippen LogP contribution is -2.29. The standard InChI is InChI=1S/C10H18N2/c1-4-5-6-9-12(3)10(2)7-8-11/h4,10H,1,5-7,9H2,2-3H3. The molecule has 0 saturated carbocycles. The molecule has 0 aliphatic carbocycles. The highest BCUT2D eigenvalue weighted by Crippen LogP contribution is 2.02. The normalized spacial score (nSPS) is 12.5. The van der Waals surface area contributed by atoms with E-state index in [1.165, 1.54) is 0 Å². The first-order chi connectivity index (χ1) is 5.72. The quantitative estimate of drug-likeness (QED) is 0.446. The lowest BCUT2D eigenvalue weighted by molar-refractivity contribution is 0.258. The molecule has 0 heterocycles. The summed E-state index contributed by atoms with van der Waals surface area (Å²) in [5.74, 6) is 0. The van der Waals surface area contributed by atoms with Gasteiger partial charge in [-0.1, -0.05) is 6.08 Å². The summed E-state index contributed by atoms with van der Waals surface area (Å²) in [5.41, 5.74) is 0. The highest BCUT2D eigenvalue weighted by Gasteiger charge is 2.06. The van der Waals surface area contributed by atoms with Crippen LogP contribution in [0.1, 0.15) is 26.2 Å². The number of nitriles is 1. The molecule has 0 aliphatic heterocycles. The van der Waals surface area contributed by atoms with E-state index in [1.807, 2.05) is 6.08 Å². The van der Waals surface area contributed by atoms with Crippen LogP contribution in [0.5, 0.6) is 0 Å². The van der Waals surface area contributed by atoms with E-state index in [9.17, 15) is 0 Å². The molecular weight excluding hydrogens is 148 g/mol. The molecule has 0 bridgehead atoms. The number of unbranched alkanes of at least 4 members (excludes halogenated alkanes) is 1. The van der Waals surface area contributed by atoms with Crippen LogP contribution in [0.4, 0.5) is 0 Å². The van der Waals surface area contributed by atoms with Gasteiger partial charge in [-0.25, -0.2) is 0 Å². The Kier molecular flexibility index (Phi) is 6.41. The zero-order valence-corrected chi connectivity index (χ0v) is 8.08. The maximum absolute atomic E-state index is 8.46.